The van der Waals surface area contributed by atoms with Crippen LogP contribution >= 0.6 is 0 Å². The molecule has 2 aromatic carbocycles. The second-order valence-electron chi connectivity index (χ2n) is 9.61. The Morgan fingerprint density at radius 3 is 2.23 bits per heavy atom. The predicted octanol–water partition coefficient (Wildman–Crippen LogP) is 6.39. The monoisotopic (exact) mass is 532 g/mol. The van der Waals surface area contributed by atoms with Crippen molar-refractivity contribution in [2.75, 3.05) is 13.2 Å². The van der Waals surface area contributed by atoms with Crippen LogP contribution in [0.4, 0.5) is 0 Å². The number of carbonyl (C=O) groups is 3. The van der Waals surface area contributed by atoms with Crippen molar-refractivity contribution in [1.82, 2.24) is 0 Å². The summed E-state index contributed by atoms with van der Waals surface area (Å²) in [5.74, 6) is -0.431. The lowest BCUT2D eigenvalue weighted by Gasteiger charge is -2.21. The summed E-state index contributed by atoms with van der Waals surface area (Å²) in [5.41, 5.74) is 3.10. The summed E-state index contributed by atoms with van der Waals surface area (Å²) in [4.78, 5) is 36.0. The second-order valence-corrected chi connectivity index (χ2v) is 9.61. The Labute approximate surface area is 230 Å². The molecule has 0 unspecified atom stereocenters. The molecule has 3 rings (SSSR count). The largest absolute Gasteiger partial charge is 0.490 e. The molecule has 0 heterocycles. The zero-order valence-electron chi connectivity index (χ0n) is 22.7. The van der Waals surface area contributed by atoms with Crippen LogP contribution in [0.25, 0.3) is 12.2 Å². The van der Waals surface area contributed by atoms with Gasteiger partial charge in [0.25, 0.3) is 0 Å². The van der Waals surface area contributed by atoms with Gasteiger partial charge in [0.2, 0.25) is 0 Å². The minimum atomic E-state index is -0.640. The molecule has 0 amide bonds. The summed E-state index contributed by atoms with van der Waals surface area (Å²) in [7, 11) is 0. The number of benzene rings is 2. The van der Waals surface area contributed by atoms with Gasteiger partial charge in [0.05, 0.1) is 6.42 Å². The molecule has 7 heteroatoms. The van der Waals surface area contributed by atoms with E-state index in [0.717, 1.165) is 42.4 Å². The van der Waals surface area contributed by atoms with E-state index in [0.29, 0.717) is 17.1 Å². The first-order chi connectivity index (χ1) is 18.7. The normalized spacial score (nSPS) is 13.5. The van der Waals surface area contributed by atoms with Gasteiger partial charge in [-0.25, -0.2) is 9.59 Å². The van der Waals surface area contributed by atoms with E-state index in [9.17, 15) is 14.4 Å². The molecule has 0 aliphatic heterocycles. The summed E-state index contributed by atoms with van der Waals surface area (Å²) < 4.78 is 21.5. The van der Waals surface area contributed by atoms with E-state index in [2.05, 4.69) is 13.2 Å². The first-order valence-corrected chi connectivity index (χ1v) is 13.1. The molecular formula is C32H36O7. The average molecular weight is 533 g/mol. The van der Waals surface area contributed by atoms with Gasteiger partial charge < -0.3 is 18.9 Å². The van der Waals surface area contributed by atoms with Crippen molar-refractivity contribution in [3.8, 4) is 11.5 Å². The van der Waals surface area contributed by atoms with Crippen molar-refractivity contribution in [1.29, 1.82) is 0 Å². The van der Waals surface area contributed by atoms with Crippen molar-refractivity contribution in [2.45, 2.75) is 58.5 Å². The minimum absolute atomic E-state index is 0.0609. The average Bonchev–Trinajstić information content (AvgIpc) is 2.92. The number of aryl methyl sites for hydroxylation is 1. The number of carbonyl (C=O) groups excluding carboxylic acids is 3. The van der Waals surface area contributed by atoms with E-state index in [-0.39, 0.29) is 31.3 Å². The van der Waals surface area contributed by atoms with E-state index < -0.39 is 17.9 Å². The van der Waals surface area contributed by atoms with Crippen molar-refractivity contribution in [3.63, 3.8) is 0 Å². The van der Waals surface area contributed by atoms with Crippen LogP contribution in [-0.2, 0) is 23.9 Å². The number of hydrogen-bond donors (Lipinski definition) is 0. The smallest absolute Gasteiger partial charge is 0.339 e. The highest BCUT2D eigenvalue weighted by Crippen LogP contribution is 2.24. The summed E-state index contributed by atoms with van der Waals surface area (Å²) in [6, 6.07) is 13.0. The summed E-state index contributed by atoms with van der Waals surface area (Å²) in [6.45, 7) is 11.1. The summed E-state index contributed by atoms with van der Waals surface area (Å²) in [5, 5.41) is 0. The zero-order valence-corrected chi connectivity index (χ0v) is 22.7. The number of ether oxygens (including phenoxy) is 4. The Morgan fingerprint density at radius 1 is 0.897 bits per heavy atom. The van der Waals surface area contributed by atoms with Gasteiger partial charge in [-0.15, -0.1) is 0 Å². The fourth-order valence-corrected chi connectivity index (χ4v) is 4.00. The van der Waals surface area contributed by atoms with E-state index >= 15 is 0 Å². The molecule has 206 valence electrons. The zero-order chi connectivity index (χ0) is 28.2. The van der Waals surface area contributed by atoms with Crippen LogP contribution in [-0.4, -0.2) is 37.2 Å². The Balaban J connectivity index is 1.46. The minimum Gasteiger partial charge on any atom is -0.490 e. The van der Waals surface area contributed by atoms with Crippen LogP contribution in [0.3, 0.4) is 0 Å². The van der Waals surface area contributed by atoms with Gasteiger partial charge in [-0.2, -0.15) is 0 Å². The molecule has 0 spiro atoms. The SMILES string of the molecule is C=C(C)C(=O)OCCOc1ccc(/C=C/c2ccc(OC(=O)C(=C)CC(=O)OC3CCCCC3)c(C)c2)cc1. The van der Waals surface area contributed by atoms with Gasteiger partial charge in [0.1, 0.15) is 30.8 Å². The fraction of sp³-hybridized carbons (Fsp3) is 0.344. The summed E-state index contributed by atoms with van der Waals surface area (Å²) in [6.07, 6.45) is 8.70. The Morgan fingerprint density at radius 2 is 1.56 bits per heavy atom. The maximum Gasteiger partial charge on any atom is 0.339 e. The molecule has 0 radical (unpaired) electrons. The lowest BCUT2D eigenvalue weighted by atomic mass is 9.98. The first-order valence-electron chi connectivity index (χ1n) is 13.1. The third kappa shape index (κ3) is 9.93. The summed E-state index contributed by atoms with van der Waals surface area (Å²) >= 11 is 0. The molecule has 0 atom stereocenters. The molecule has 1 aliphatic carbocycles. The highest BCUT2D eigenvalue weighted by Gasteiger charge is 2.21. The van der Waals surface area contributed by atoms with Crippen molar-refractivity contribution in [2.24, 2.45) is 0 Å². The lowest BCUT2D eigenvalue weighted by Crippen LogP contribution is -2.22. The standard InChI is InChI=1S/C32H36O7/c1-22(2)31(34)37-19-18-36-27-15-12-25(13-16-27)10-11-26-14-17-29(23(3)20-26)39-32(35)24(4)21-30(33)38-28-8-6-5-7-9-28/h10-17,20,28H,1,4-9,18-19,21H2,2-3H3/b11-10+. The molecule has 0 bridgehead atoms. The number of rotatable bonds is 12. The lowest BCUT2D eigenvalue weighted by molar-refractivity contribution is -0.150. The van der Waals surface area contributed by atoms with Gasteiger partial charge in [-0.05, 0) is 80.5 Å². The predicted molar refractivity (Wildman–Crippen MR) is 150 cm³/mol. The second kappa shape index (κ2) is 14.7. The third-order valence-electron chi connectivity index (χ3n) is 6.18. The van der Waals surface area contributed by atoms with Gasteiger partial charge in [-0.1, -0.05) is 49.9 Å². The Bertz CT molecular complexity index is 1220. The molecule has 1 aliphatic rings. The van der Waals surface area contributed by atoms with E-state index in [1.165, 1.54) is 6.42 Å². The van der Waals surface area contributed by atoms with Crippen LogP contribution in [0.15, 0.2) is 66.8 Å². The third-order valence-corrected chi connectivity index (χ3v) is 6.18. The molecule has 7 nitrogen and oxygen atoms in total. The highest BCUT2D eigenvalue weighted by molar-refractivity contribution is 5.94. The molecule has 0 N–H and O–H groups in total. The topological polar surface area (TPSA) is 88.1 Å². The quantitative estimate of drug-likeness (QED) is 0.103. The van der Waals surface area contributed by atoms with Crippen molar-refractivity contribution in [3.05, 3.63) is 83.5 Å². The molecule has 0 saturated heterocycles. The van der Waals surface area contributed by atoms with Crippen molar-refractivity contribution < 1.29 is 33.3 Å². The molecule has 1 fully saturated rings. The van der Waals surface area contributed by atoms with E-state index in [1.54, 1.807) is 13.0 Å². The van der Waals surface area contributed by atoms with E-state index in [1.807, 2.05) is 55.5 Å². The fourth-order valence-electron chi connectivity index (χ4n) is 4.00. The van der Waals surface area contributed by atoms with Crippen LogP contribution in [0, 0.1) is 6.92 Å². The number of hydrogen-bond acceptors (Lipinski definition) is 7. The van der Waals surface area contributed by atoms with Gasteiger partial charge >= 0.3 is 17.9 Å². The van der Waals surface area contributed by atoms with E-state index in [4.69, 9.17) is 18.9 Å². The molecule has 0 aromatic heterocycles. The van der Waals surface area contributed by atoms with Crippen LogP contribution in [0.2, 0.25) is 0 Å². The molecule has 39 heavy (non-hydrogen) atoms. The van der Waals surface area contributed by atoms with Crippen molar-refractivity contribution >= 4 is 30.1 Å². The Hall–Kier alpha value is -4.13. The van der Waals surface area contributed by atoms with Crippen LogP contribution in [0.1, 0.15) is 62.1 Å². The number of esters is 3. The van der Waals surface area contributed by atoms with Gasteiger partial charge in [0, 0.05) is 11.1 Å². The highest BCUT2D eigenvalue weighted by atomic mass is 16.6. The maximum atomic E-state index is 12.5. The van der Waals surface area contributed by atoms with Gasteiger partial charge in [0.15, 0.2) is 0 Å². The van der Waals surface area contributed by atoms with Crippen LogP contribution < -0.4 is 9.47 Å². The molecule has 1 saturated carbocycles. The molecular weight excluding hydrogens is 496 g/mol. The Kier molecular flexibility index (Phi) is 11.1. The van der Waals surface area contributed by atoms with Crippen LogP contribution in [0.5, 0.6) is 11.5 Å². The maximum absolute atomic E-state index is 12.5. The first kappa shape index (κ1) is 29.4. The molecule has 2 aromatic rings. The van der Waals surface area contributed by atoms with Gasteiger partial charge in [-0.3, -0.25) is 4.79 Å².